The van der Waals surface area contributed by atoms with E-state index in [0.29, 0.717) is 30.2 Å². The van der Waals surface area contributed by atoms with Crippen molar-refractivity contribution in [2.75, 3.05) is 24.5 Å². The van der Waals surface area contributed by atoms with E-state index in [0.717, 1.165) is 11.3 Å². The molecule has 136 valence electrons. The Bertz CT molecular complexity index is 902. The molecule has 1 aromatic carbocycles. The van der Waals surface area contributed by atoms with Gasteiger partial charge in [-0.05, 0) is 32.9 Å². The fourth-order valence-corrected chi connectivity index (χ4v) is 3.11. The molecule has 0 aliphatic carbocycles. The first-order valence-electron chi connectivity index (χ1n) is 8.56. The second-order valence-corrected chi connectivity index (χ2v) is 6.59. The topological polar surface area (TPSA) is 86.4 Å². The number of hydrogen-bond acceptors (Lipinski definition) is 4. The second kappa shape index (κ2) is 7.11. The molecule has 26 heavy (non-hydrogen) atoms. The van der Waals surface area contributed by atoms with Gasteiger partial charge in [0, 0.05) is 30.0 Å². The lowest BCUT2D eigenvalue weighted by Crippen LogP contribution is -2.53. The summed E-state index contributed by atoms with van der Waals surface area (Å²) >= 11 is 0. The van der Waals surface area contributed by atoms with Crippen molar-refractivity contribution in [3.63, 3.8) is 0 Å². The summed E-state index contributed by atoms with van der Waals surface area (Å²) in [5.74, 6) is 0.160. The predicted octanol–water partition coefficient (Wildman–Crippen LogP) is 1.11. The van der Waals surface area contributed by atoms with Gasteiger partial charge in [-0.15, -0.1) is 0 Å². The van der Waals surface area contributed by atoms with Crippen LogP contribution in [0.3, 0.4) is 0 Å². The monoisotopic (exact) mass is 354 g/mol. The maximum Gasteiger partial charge on any atom is 0.254 e. The van der Waals surface area contributed by atoms with Gasteiger partial charge in [0.25, 0.3) is 5.56 Å². The quantitative estimate of drug-likeness (QED) is 0.895. The van der Waals surface area contributed by atoms with E-state index >= 15 is 0 Å². The standard InChI is InChI=1S/C19H22N4O3/c1-12-4-6-15(7-5-12)23-9-8-22(11-18(23)25)17(24)10-16-13(2)20-14(3)21-19(16)26/h4-7H,8-11H2,1-3H3,(H,20,21,26). The van der Waals surface area contributed by atoms with E-state index < -0.39 is 0 Å². The molecule has 1 aromatic heterocycles. The van der Waals surface area contributed by atoms with Gasteiger partial charge in [-0.25, -0.2) is 4.98 Å². The van der Waals surface area contributed by atoms with Crippen LogP contribution in [0.1, 0.15) is 22.6 Å². The number of piperazine rings is 1. The lowest BCUT2D eigenvalue weighted by atomic mass is 10.1. The molecule has 0 unspecified atom stereocenters. The molecule has 0 radical (unpaired) electrons. The minimum Gasteiger partial charge on any atom is -0.331 e. The number of anilines is 1. The molecule has 7 heteroatoms. The summed E-state index contributed by atoms with van der Waals surface area (Å²) in [5, 5.41) is 0. The molecule has 1 aliphatic heterocycles. The molecule has 3 rings (SSSR count). The number of carbonyl (C=O) groups is 2. The summed E-state index contributed by atoms with van der Waals surface area (Å²) in [6.45, 7) is 6.30. The van der Waals surface area contributed by atoms with E-state index in [1.54, 1.807) is 18.7 Å². The second-order valence-electron chi connectivity index (χ2n) is 6.59. The number of benzene rings is 1. The number of aromatic amines is 1. The number of carbonyl (C=O) groups excluding carboxylic acids is 2. The van der Waals surface area contributed by atoms with Crippen LogP contribution in [0.2, 0.25) is 0 Å². The fraction of sp³-hybridized carbons (Fsp3) is 0.368. The Morgan fingerprint density at radius 3 is 2.42 bits per heavy atom. The van der Waals surface area contributed by atoms with Gasteiger partial charge in [0.1, 0.15) is 12.4 Å². The summed E-state index contributed by atoms with van der Waals surface area (Å²) in [4.78, 5) is 47.1. The van der Waals surface area contributed by atoms with E-state index in [-0.39, 0.29) is 30.3 Å². The van der Waals surface area contributed by atoms with Gasteiger partial charge in [-0.2, -0.15) is 0 Å². The molecular formula is C19H22N4O3. The minimum atomic E-state index is -0.298. The molecule has 1 aliphatic rings. The Morgan fingerprint density at radius 2 is 1.81 bits per heavy atom. The normalized spacial score (nSPS) is 14.7. The first kappa shape index (κ1) is 17.8. The Labute approximate surface area is 151 Å². The van der Waals surface area contributed by atoms with Crippen molar-refractivity contribution in [2.24, 2.45) is 0 Å². The Morgan fingerprint density at radius 1 is 1.12 bits per heavy atom. The predicted molar refractivity (Wildman–Crippen MR) is 98.1 cm³/mol. The molecule has 7 nitrogen and oxygen atoms in total. The van der Waals surface area contributed by atoms with Crippen LogP contribution in [-0.4, -0.2) is 46.3 Å². The van der Waals surface area contributed by atoms with Gasteiger partial charge >= 0.3 is 0 Å². The highest BCUT2D eigenvalue weighted by molar-refractivity contribution is 5.98. The van der Waals surface area contributed by atoms with E-state index in [2.05, 4.69) is 9.97 Å². The number of nitrogens with zero attached hydrogens (tertiary/aromatic N) is 3. The van der Waals surface area contributed by atoms with Crippen LogP contribution in [0.4, 0.5) is 5.69 Å². The van der Waals surface area contributed by atoms with Crippen molar-refractivity contribution in [3.8, 4) is 0 Å². The van der Waals surface area contributed by atoms with Crippen LogP contribution in [0.5, 0.6) is 0 Å². The third-order valence-corrected chi connectivity index (χ3v) is 4.59. The zero-order valence-electron chi connectivity index (χ0n) is 15.2. The van der Waals surface area contributed by atoms with Crippen LogP contribution in [-0.2, 0) is 16.0 Å². The number of H-pyrrole nitrogens is 1. The first-order chi connectivity index (χ1) is 12.3. The average molecular weight is 354 g/mol. The van der Waals surface area contributed by atoms with Crippen molar-refractivity contribution in [3.05, 3.63) is 57.3 Å². The zero-order chi connectivity index (χ0) is 18.8. The summed E-state index contributed by atoms with van der Waals surface area (Å²) < 4.78 is 0. The highest BCUT2D eigenvalue weighted by atomic mass is 16.2. The van der Waals surface area contributed by atoms with Gasteiger partial charge in [-0.1, -0.05) is 17.7 Å². The third kappa shape index (κ3) is 3.66. The average Bonchev–Trinajstić information content (AvgIpc) is 2.58. The zero-order valence-corrected chi connectivity index (χ0v) is 15.2. The molecule has 2 amide bonds. The largest absolute Gasteiger partial charge is 0.331 e. The molecule has 0 saturated carbocycles. The summed E-state index contributed by atoms with van der Waals surface area (Å²) in [6.07, 6.45) is -0.0493. The van der Waals surface area contributed by atoms with E-state index in [1.165, 1.54) is 4.90 Å². The molecule has 2 heterocycles. The Balaban J connectivity index is 1.69. The Kier molecular flexibility index (Phi) is 4.88. The number of nitrogens with one attached hydrogen (secondary N) is 1. The molecule has 1 fully saturated rings. The Hall–Kier alpha value is -2.96. The highest BCUT2D eigenvalue weighted by Gasteiger charge is 2.28. The highest BCUT2D eigenvalue weighted by Crippen LogP contribution is 2.18. The molecular weight excluding hydrogens is 332 g/mol. The van der Waals surface area contributed by atoms with Crippen LogP contribution in [0.15, 0.2) is 29.1 Å². The van der Waals surface area contributed by atoms with Crippen LogP contribution < -0.4 is 10.5 Å². The fourth-order valence-electron chi connectivity index (χ4n) is 3.11. The maximum atomic E-state index is 12.6. The number of aromatic nitrogens is 2. The van der Waals surface area contributed by atoms with E-state index in [4.69, 9.17) is 0 Å². The number of rotatable bonds is 3. The molecule has 1 N–H and O–H groups in total. The minimum absolute atomic E-state index is 0.0168. The van der Waals surface area contributed by atoms with Crippen LogP contribution in [0, 0.1) is 20.8 Å². The number of amides is 2. The van der Waals surface area contributed by atoms with Crippen LogP contribution in [0.25, 0.3) is 0 Å². The van der Waals surface area contributed by atoms with Crippen LogP contribution >= 0.6 is 0 Å². The van der Waals surface area contributed by atoms with Crippen molar-refractivity contribution in [2.45, 2.75) is 27.2 Å². The molecule has 2 aromatic rings. The number of hydrogen-bond donors (Lipinski definition) is 1. The smallest absolute Gasteiger partial charge is 0.254 e. The first-order valence-corrected chi connectivity index (χ1v) is 8.56. The molecule has 0 spiro atoms. The molecule has 0 atom stereocenters. The lowest BCUT2D eigenvalue weighted by molar-refractivity contribution is -0.136. The van der Waals surface area contributed by atoms with Crippen molar-refractivity contribution in [1.29, 1.82) is 0 Å². The van der Waals surface area contributed by atoms with Gasteiger partial charge in [0.2, 0.25) is 11.8 Å². The SMILES string of the molecule is Cc1ccc(N2CCN(C(=O)Cc3c(C)nc(C)[nH]c3=O)CC2=O)cc1. The molecule has 0 bridgehead atoms. The third-order valence-electron chi connectivity index (χ3n) is 4.59. The van der Waals surface area contributed by atoms with E-state index in [1.807, 2.05) is 31.2 Å². The maximum absolute atomic E-state index is 12.6. The van der Waals surface area contributed by atoms with Gasteiger partial charge in [0.15, 0.2) is 0 Å². The summed E-state index contributed by atoms with van der Waals surface area (Å²) in [7, 11) is 0. The van der Waals surface area contributed by atoms with Gasteiger partial charge in [0.05, 0.1) is 6.42 Å². The van der Waals surface area contributed by atoms with Crippen molar-refractivity contribution in [1.82, 2.24) is 14.9 Å². The van der Waals surface area contributed by atoms with Crippen molar-refractivity contribution < 1.29 is 9.59 Å². The van der Waals surface area contributed by atoms with Crippen molar-refractivity contribution >= 4 is 17.5 Å². The summed E-state index contributed by atoms with van der Waals surface area (Å²) in [6, 6.07) is 7.73. The number of aryl methyl sites for hydroxylation is 3. The van der Waals surface area contributed by atoms with E-state index in [9.17, 15) is 14.4 Å². The van der Waals surface area contributed by atoms with Gasteiger partial charge in [-0.3, -0.25) is 14.4 Å². The lowest BCUT2D eigenvalue weighted by Gasteiger charge is -2.34. The van der Waals surface area contributed by atoms with Gasteiger partial charge < -0.3 is 14.8 Å². The molecule has 1 saturated heterocycles. The summed E-state index contributed by atoms with van der Waals surface area (Å²) in [5.41, 5.74) is 2.57.